The number of unbranched alkanes of at least 4 members (excludes halogenated alkanes) is 4. The van der Waals surface area contributed by atoms with Crippen molar-refractivity contribution in [3.05, 3.63) is 47.6 Å². The second-order valence-electron chi connectivity index (χ2n) is 6.22. The summed E-state index contributed by atoms with van der Waals surface area (Å²) in [6.07, 6.45) is 23.2. The Hall–Kier alpha value is 0.0469. The predicted octanol–water partition coefficient (Wildman–Crippen LogP) is 7.37. The van der Waals surface area contributed by atoms with Crippen LogP contribution in [0.15, 0.2) is 47.6 Å². The van der Waals surface area contributed by atoms with E-state index < -0.39 is 6.00 Å². The summed E-state index contributed by atoms with van der Waals surface area (Å²) in [4.78, 5) is 0. The van der Waals surface area contributed by atoms with Crippen LogP contribution >= 0.6 is 33.2 Å². The van der Waals surface area contributed by atoms with Gasteiger partial charge in [0, 0.05) is 5.92 Å². The summed E-state index contributed by atoms with van der Waals surface area (Å²) in [5, 5.41) is 0. The van der Waals surface area contributed by atoms with E-state index in [4.69, 9.17) is 33.2 Å². The molecule has 0 fully saturated rings. The van der Waals surface area contributed by atoms with E-state index in [0.717, 1.165) is 25.3 Å². The smallest absolute Gasteiger partial charge is 0.126 e. The maximum absolute atomic E-state index is 5.91. The Bertz CT molecular complexity index is 439. The summed E-state index contributed by atoms with van der Waals surface area (Å²) in [5.74, 6) is 0.651. The lowest BCUT2D eigenvalue weighted by Crippen LogP contribution is -2.08. The molecule has 0 heterocycles. The predicted molar refractivity (Wildman–Crippen MR) is 103 cm³/mol. The summed E-state index contributed by atoms with van der Waals surface area (Å²) in [6.45, 7) is 0. The highest BCUT2D eigenvalue weighted by molar-refractivity contribution is 7.64. The van der Waals surface area contributed by atoms with E-state index in [1.807, 2.05) is 0 Å². The Labute approximate surface area is 150 Å². The van der Waals surface area contributed by atoms with E-state index >= 15 is 0 Å². The van der Waals surface area contributed by atoms with E-state index in [-0.39, 0.29) is 0 Å². The van der Waals surface area contributed by atoms with E-state index in [1.54, 1.807) is 11.1 Å². The number of hydrogen-bond donors (Lipinski definition) is 0. The zero-order valence-electron chi connectivity index (χ0n) is 13.0. The van der Waals surface area contributed by atoms with Crippen LogP contribution in [-0.2, 0) is 0 Å². The van der Waals surface area contributed by atoms with Gasteiger partial charge in [-0.15, -0.1) is 33.2 Å². The van der Waals surface area contributed by atoms with Crippen molar-refractivity contribution in [2.75, 3.05) is 0 Å². The fourth-order valence-electron chi connectivity index (χ4n) is 3.26. The van der Waals surface area contributed by atoms with Crippen LogP contribution in [0.4, 0.5) is 0 Å². The Morgan fingerprint density at radius 2 is 1.36 bits per heavy atom. The Balaban J connectivity index is 1.65. The average Bonchev–Trinajstić information content (AvgIpc) is 3.13. The van der Waals surface area contributed by atoms with E-state index in [1.165, 1.54) is 32.1 Å². The molecule has 0 spiro atoms. The van der Waals surface area contributed by atoms with Crippen molar-refractivity contribution in [3.8, 4) is 0 Å². The van der Waals surface area contributed by atoms with Crippen LogP contribution in [-0.4, -0.2) is 6.00 Å². The molecule has 0 saturated heterocycles. The SMILES string of the molecule is Cl[Si](Cl)(Cl)CCCCCCCC(C1=CC=CC1)C1=CC=CC1. The molecule has 0 N–H and O–H groups in total. The van der Waals surface area contributed by atoms with Crippen molar-refractivity contribution in [2.45, 2.75) is 57.4 Å². The largest absolute Gasteiger partial charge is 0.341 e. The maximum atomic E-state index is 5.91. The van der Waals surface area contributed by atoms with Gasteiger partial charge in [-0.3, -0.25) is 0 Å². The topological polar surface area (TPSA) is 0 Å². The number of rotatable bonds is 10. The highest BCUT2D eigenvalue weighted by Crippen LogP contribution is 2.35. The van der Waals surface area contributed by atoms with Crippen molar-refractivity contribution < 1.29 is 0 Å². The van der Waals surface area contributed by atoms with Gasteiger partial charge in [-0.05, 0) is 25.3 Å². The van der Waals surface area contributed by atoms with Crippen LogP contribution in [0.1, 0.15) is 51.4 Å². The van der Waals surface area contributed by atoms with Crippen LogP contribution in [0.3, 0.4) is 0 Å². The molecule has 0 saturated carbocycles. The fourth-order valence-corrected chi connectivity index (χ4v) is 5.11. The first-order valence-electron chi connectivity index (χ1n) is 8.34. The minimum atomic E-state index is -2.39. The quantitative estimate of drug-likeness (QED) is 0.212. The van der Waals surface area contributed by atoms with Crippen molar-refractivity contribution in [1.29, 1.82) is 0 Å². The third kappa shape index (κ3) is 6.66. The molecular formula is C18H25Cl3Si. The highest BCUT2D eigenvalue weighted by atomic mass is 35.8. The molecule has 0 bridgehead atoms. The van der Waals surface area contributed by atoms with Crippen molar-refractivity contribution in [3.63, 3.8) is 0 Å². The third-order valence-electron chi connectivity index (χ3n) is 4.45. The summed E-state index contributed by atoms with van der Waals surface area (Å²) in [7, 11) is 0. The minimum absolute atomic E-state index is 0.651. The van der Waals surface area contributed by atoms with E-state index in [9.17, 15) is 0 Å². The lowest BCUT2D eigenvalue weighted by Gasteiger charge is -2.20. The van der Waals surface area contributed by atoms with E-state index in [0.29, 0.717) is 5.92 Å². The number of hydrogen-bond acceptors (Lipinski definition) is 0. The monoisotopic (exact) mass is 374 g/mol. The molecule has 0 amide bonds. The van der Waals surface area contributed by atoms with Crippen molar-refractivity contribution in [1.82, 2.24) is 0 Å². The number of halogens is 3. The molecule has 2 aliphatic rings. The summed E-state index contributed by atoms with van der Waals surface area (Å²) in [6, 6.07) is -1.59. The van der Waals surface area contributed by atoms with Gasteiger partial charge in [-0.1, -0.05) is 79.7 Å². The molecular weight excluding hydrogens is 351 g/mol. The normalized spacial score (nSPS) is 17.5. The molecule has 0 aromatic carbocycles. The standard InChI is InChI=1S/C18H25Cl3Si/c19-22(20,21)15-9-3-1-2-4-14-18(16-10-5-6-11-16)17-12-7-8-13-17/h5-8,10,12,18H,1-4,9,11,13-15H2. The first-order chi connectivity index (χ1) is 10.6. The van der Waals surface area contributed by atoms with Gasteiger partial charge in [-0.2, -0.15) is 0 Å². The lowest BCUT2D eigenvalue weighted by molar-refractivity contribution is 0.541. The fraction of sp³-hybridized carbons (Fsp3) is 0.556. The Morgan fingerprint density at radius 1 is 0.818 bits per heavy atom. The molecule has 0 radical (unpaired) electrons. The average molecular weight is 376 g/mol. The summed E-state index contributed by atoms with van der Waals surface area (Å²) >= 11 is 17.7. The Morgan fingerprint density at radius 3 is 1.86 bits per heavy atom. The summed E-state index contributed by atoms with van der Waals surface area (Å²) in [5.41, 5.74) is 3.19. The zero-order chi connectivity index (χ0) is 15.8. The summed E-state index contributed by atoms with van der Waals surface area (Å²) < 4.78 is 0. The van der Waals surface area contributed by atoms with Crippen LogP contribution in [0.25, 0.3) is 0 Å². The molecule has 2 rings (SSSR count). The van der Waals surface area contributed by atoms with Gasteiger partial charge in [0.2, 0.25) is 0 Å². The van der Waals surface area contributed by atoms with Gasteiger partial charge in [0.15, 0.2) is 0 Å². The molecule has 4 heteroatoms. The first kappa shape index (κ1) is 18.4. The second kappa shape index (κ2) is 9.37. The molecule has 0 aromatic heterocycles. The number of allylic oxidation sites excluding steroid dienone is 8. The zero-order valence-corrected chi connectivity index (χ0v) is 16.3. The third-order valence-corrected chi connectivity index (χ3v) is 7.07. The highest BCUT2D eigenvalue weighted by Gasteiger charge is 2.23. The van der Waals surface area contributed by atoms with Crippen LogP contribution < -0.4 is 0 Å². The van der Waals surface area contributed by atoms with Crippen LogP contribution in [0.2, 0.25) is 6.04 Å². The van der Waals surface area contributed by atoms with Gasteiger partial charge in [0.05, 0.1) is 0 Å². The van der Waals surface area contributed by atoms with Gasteiger partial charge in [-0.25, -0.2) is 0 Å². The van der Waals surface area contributed by atoms with Crippen molar-refractivity contribution >= 4 is 39.2 Å². The van der Waals surface area contributed by atoms with Crippen molar-refractivity contribution in [2.24, 2.45) is 5.92 Å². The molecule has 0 aromatic rings. The molecule has 0 nitrogen and oxygen atoms in total. The molecule has 22 heavy (non-hydrogen) atoms. The molecule has 122 valence electrons. The lowest BCUT2D eigenvalue weighted by atomic mass is 9.85. The van der Waals surface area contributed by atoms with Crippen LogP contribution in [0.5, 0.6) is 0 Å². The van der Waals surface area contributed by atoms with Gasteiger partial charge in [0.1, 0.15) is 0 Å². The molecule has 0 aliphatic heterocycles. The molecule has 2 aliphatic carbocycles. The maximum Gasteiger partial charge on any atom is 0.341 e. The molecule has 0 atom stereocenters. The van der Waals surface area contributed by atoms with Crippen LogP contribution in [0, 0.1) is 5.92 Å². The van der Waals surface area contributed by atoms with E-state index in [2.05, 4.69) is 36.5 Å². The van der Waals surface area contributed by atoms with Gasteiger partial charge >= 0.3 is 6.00 Å². The minimum Gasteiger partial charge on any atom is -0.126 e. The van der Waals surface area contributed by atoms with Gasteiger partial charge in [0.25, 0.3) is 0 Å². The second-order valence-corrected chi connectivity index (χ2v) is 15.5. The first-order valence-corrected chi connectivity index (χ1v) is 13.6. The molecule has 0 unspecified atom stereocenters. The van der Waals surface area contributed by atoms with Gasteiger partial charge < -0.3 is 0 Å². The Kier molecular flexibility index (Phi) is 7.83.